The second-order valence-electron chi connectivity index (χ2n) is 2.15. The number of rotatable bonds is 3. The lowest BCUT2D eigenvalue weighted by molar-refractivity contribution is 0.910. The summed E-state index contributed by atoms with van der Waals surface area (Å²) in [5, 5.41) is 4.51. The van der Waals surface area contributed by atoms with Crippen molar-refractivity contribution in [1.29, 1.82) is 0 Å². The number of hydrogen-bond acceptors (Lipinski definition) is 1. The molecule has 0 aliphatic heterocycles. The first kappa shape index (κ1) is 12.7. The Labute approximate surface area is 90.2 Å². The van der Waals surface area contributed by atoms with Gasteiger partial charge in [0.1, 0.15) is 0 Å². The van der Waals surface area contributed by atoms with Crippen LogP contribution in [0.15, 0.2) is 48.8 Å². The van der Waals surface area contributed by atoms with Crippen LogP contribution in [0.4, 0.5) is 0 Å². The van der Waals surface area contributed by atoms with Crippen LogP contribution < -0.4 is 0 Å². The molecule has 76 valence electrons. The maximum Gasteiger partial charge on any atom is 0.0760 e. The third-order valence-corrected chi connectivity index (χ3v) is 1.66. The first-order chi connectivity index (χ1) is 6.75. The zero-order valence-corrected chi connectivity index (χ0v) is 9.33. The highest BCUT2D eigenvalue weighted by molar-refractivity contribution is 6.35. The Morgan fingerprint density at radius 2 is 2.14 bits per heavy atom. The Bertz CT molecular complexity index is 310. The predicted octanol–water partition coefficient (Wildman–Crippen LogP) is 3.69. The van der Waals surface area contributed by atoms with Gasteiger partial charge in [0.15, 0.2) is 0 Å². The highest BCUT2D eigenvalue weighted by Crippen LogP contribution is 2.16. The van der Waals surface area contributed by atoms with Crippen LogP contribution in [0.1, 0.15) is 13.8 Å². The molecule has 2 nitrogen and oxygen atoms in total. The van der Waals surface area contributed by atoms with E-state index in [0.29, 0.717) is 10.7 Å². The second kappa shape index (κ2) is 7.15. The molecule has 0 aliphatic carbocycles. The zero-order valence-electron chi connectivity index (χ0n) is 8.57. The van der Waals surface area contributed by atoms with E-state index in [1.54, 1.807) is 29.2 Å². The number of hydrogen-bond donors (Lipinski definition) is 0. The first-order valence-corrected chi connectivity index (χ1v) is 4.81. The van der Waals surface area contributed by atoms with E-state index in [-0.39, 0.29) is 0 Å². The summed E-state index contributed by atoms with van der Waals surface area (Å²) in [4.78, 5) is 0. The van der Waals surface area contributed by atoms with E-state index in [2.05, 4.69) is 18.3 Å². The van der Waals surface area contributed by atoms with Crippen molar-refractivity contribution >= 4 is 17.3 Å². The maximum atomic E-state index is 5.85. The summed E-state index contributed by atoms with van der Waals surface area (Å²) in [5.74, 6) is 0. The summed E-state index contributed by atoms with van der Waals surface area (Å²) < 4.78 is 1.60. The average Bonchev–Trinajstić information content (AvgIpc) is 2.73. The van der Waals surface area contributed by atoms with Gasteiger partial charge in [0.2, 0.25) is 0 Å². The molecule has 1 aromatic rings. The van der Waals surface area contributed by atoms with Gasteiger partial charge in [-0.15, -0.1) is 0 Å². The van der Waals surface area contributed by atoms with Gasteiger partial charge in [-0.3, -0.25) is 0 Å². The van der Waals surface area contributed by atoms with Crippen LogP contribution in [-0.4, -0.2) is 9.78 Å². The molecule has 0 unspecified atom stereocenters. The highest BCUT2D eigenvalue weighted by atomic mass is 35.5. The largest absolute Gasteiger partial charge is 0.240 e. The normalized spacial score (nSPS) is 10.1. The minimum absolute atomic E-state index is 0.536. The van der Waals surface area contributed by atoms with Crippen LogP contribution in [0.3, 0.4) is 0 Å². The van der Waals surface area contributed by atoms with Gasteiger partial charge in [0.05, 0.1) is 10.7 Å². The Kier molecular flexibility index (Phi) is 6.50. The van der Waals surface area contributed by atoms with Gasteiger partial charge < -0.3 is 0 Å². The lowest BCUT2D eigenvalue weighted by Gasteiger charge is -2.02. The van der Waals surface area contributed by atoms with Crippen molar-refractivity contribution in [1.82, 2.24) is 9.78 Å². The molecule has 0 fully saturated rings. The summed E-state index contributed by atoms with van der Waals surface area (Å²) in [7, 11) is 0. The van der Waals surface area contributed by atoms with Crippen molar-refractivity contribution in [3.8, 4) is 0 Å². The fourth-order valence-electron chi connectivity index (χ4n) is 0.738. The molecule has 14 heavy (non-hydrogen) atoms. The van der Waals surface area contributed by atoms with E-state index in [1.807, 2.05) is 19.9 Å². The van der Waals surface area contributed by atoms with Gasteiger partial charge in [-0.25, -0.2) is 4.68 Å². The monoisotopic (exact) mass is 210 g/mol. The van der Waals surface area contributed by atoms with Gasteiger partial charge in [-0.2, -0.15) is 5.10 Å². The SMILES string of the molecule is C=C/C=C(/Cl)C(=C)n1cccn1.CC. The third-order valence-electron chi connectivity index (χ3n) is 1.32. The smallest absolute Gasteiger partial charge is 0.0760 e. The van der Waals surface area contributed by atoms with Crippen LogP contribution in [0.2, 0.25) is 0 Å². The molecule has 0 saturated heterocycles. The molecule has 0 aliphatic rings. The van der Waals surface area contributed by atoms with Crippen molar-refractivity contribution in [3.63, 3.8) is 0 Å². The number of halogens is 1. The Balaban J connectivity index is 0.000000791. The van der Waals surface area contributed by atoms with Crippen molar-refractivity contribution in [3.05, 3.63) is 48.8 Å². The summed E-state index contributed by atoms with van der Waals surface area (Å²) in [5.41, 5.74) is 0.640. The topological polar surface area (TPSA) is 17.8 Å². The minimum atomic E-state index is 0.536. The first-order valence-electron chi connectivity index (χ1n) is 4.43. The molecule has 0 atom stereocenters. The van der Waals surface area contributed by atoms with Crippen LogP contribution in [0, 0.1) is 0 Å². The third kappa shape index (κ3) is 3.62. The standard InChI is InChI=1S/C9H9ClN2.C2H6/c1-3-5-9(10)8(2)12-7-4-6-11-12;1-2/h3-7H,1-2H2;1-2H3/b9-5+;. The molecule has 0 bridgehead atoms. The predicted molar refractivity (Wildman–Crippen MR) is 63.0 cm³/mol. The quantitative estimate of drug-likeness (QED) is 0.696. The average molecular weight is 211 g/mol. The van der Waals surface area contributed by atoms with Crippen molar-refractivity contribution in [2.24, 2.45) is 0 Å². The summed E-state index contributed by atoms with van der Waals surface area (Å²) >= 11 is 5.85. The summed E-state index contributed by atoms with van der Waals surface area (Å²) in [6, 6.07) is 1.81. The van der Waals surface area contributed by atoms with E-state index >= 15 is 0 Å². The molecule has 1 rings (SSSR count). The van der Waals surface area contributed by atoms with E-state index < -0.39 is 0 Å². The van der Waals surface area contributed by atoms with Crippen LogP contribution in [0.5, 0.6) is 0 Å². The van der Waals surface area contributed by atoms with E-state index in [0.717, 1.165) is 0 Å². The Hall–Kier alpha value is -1.28. The van der Waals surface area contributed by atoms with Crippen molar-refractivity contribution in [2.45, 2.75) is 13.8 Å². The second-order valence-corrected chi connectivity index (χ2v) is 2.55. The lowest BCUT2D eigenvalue weighted by Crippen LogP contribution is -1.95. The molecule has 3 heteroatoms. The fraction of sp³-hybridized carbons (Fsp3) is 0.182. The highest BCUT2D eigenvalue weighted by Gasteiger charge is 1.99. The molecule has 1 aromatic heterocycles. The van der Waals surface area contributed by atoms with E-state index in [9.17, 15) is 0 Å². The van der Waals surface area contributed by atoms with Crippen LogP contribution >= 0.6 is 11.6 Å². The van der Waals surface area contributed by atoms with Gasteiger partial charge in [0, 0.05) is 12.4 Å². The van der Waals surface area contributed by atoms with E-state index in [1.165, 1.54) is 0 Å². The number of aromatic nitrogens is 2. The Morgan fingerprint density at radius 3 is 2.57 bits per heavy atom. The summed E-state index contributed by atoms with van der Waals surface area (Å²) in [6.45, 7) is 11.3. The van der Waals surface area contributed by atoms with Crippen molar-refractivity contribution in [2.75, 3.05) is 0 Å². The van der Waals surface area contributed by atoms with Gasteiger partial charge in [-0.05, 0) is 12.1 Å². The molecule has 0 radical (unpaired) electrons. The van der Waals surface area contributed by atoms with E-state index in [4.69, 9.17) is 11.6 Å². The molecule has 0 aromatic carbocycles. The van der Waals surface area contributed by atoms with Gasteiger partial charge >= 0.3 is 0 Å². The Morgan fingerprint density at radius 1 is 1.50 bits per heavy atom. The zero-order chi connectivity index (χ0) is 11.0. The number of allylic oxidation sites excluding steroid dienone is 4. The molecular formula is C11H15ClN2. The molecule has 0 spiro atoms. The minimum Gasteiger partial charge on any atom is -0.240 e. The van der Waals surface area contributed by atoms with Gasteiger partial charge in [-0.1, -0.05) is 44.7 Å². The molecule has 1 heterocycles. The van der Waals surface area contributed by atoms with Gasteiger partial charge in [0.25, 0.3) is 0 Å². The maximum absolute atomic E-state index is 5.85. The summed E-state index contributed by atoms with van der Waals surface area (Å²) in [6.07, 6.45) is 6.73. The molecule has 0 saturated carbocycles. The molecule has 0 N–H and O–H groups in total. The number of nitrogens with zero attached hydrogens (tertiary/aromatic N) is 2. The van der Waals surface area contributed by atoms with Crippen LogP contribution in [0.25, 0.3) is 5.70 Å². The molecule has 0 amide bonds. The lowest BCUT2D eigenvalue weighted by atomic mass is 10.4. The van der Waals surface area contributed by atoms with Crippen molar-refractivity contribution < 1.29 is 0 Å². The molecular weight excluding hydrogens is 196 g/mol. The van der Waals surface area contributed by atoms with Crippen LogP contribution in [-0.2, 0) is 0 Å². The fourth-order valence-corrected chi connectivity index (χ4v) is 0.913.